The molecule has 0 atom stereocenters. The van der Waals surface area contributed by atoms with Crippen LogP contribution in [0.15, 0.2) is 71.8 Å². The Morgan fingerprint density at radius 1 is 1.04 bits per heavy atom. The van der Waals surface area contributed by atoms with Gasteiger partial charge in [-0.1, -0.05) is 23.8 Å². The van der Waals surface area contributed by atoms with Gasteiger partial charge in [0.2, 0.25) is 5.88 Å². The molecule has 0 aliphatic carbocycles. The molecule has 1 heterocycles. The SMILES string of the molecule is COC(=O)c1ccnc(Oc2cccc(NS(=O)(=O)c3ccc(C)cc3)c2)c1. The van der Waals surface area contributed by atoms with Gasteiger partial charge < -0.3 is 9.47 Å². The van der Waals surface area contributed by atoms with Gasteiger partial charge in [0.05, 0.1) is 23.3 Å². The third kappa shape index (κ3) is 4.66. The zero-order chi connectivity index (χ0) is 20.1. The maximum atomic E-state index is 12.5. The van der Waals surface area contributed by atoms with Crippen LogP contribution in [-0.4, -0.2) is 26.5 Å². The van der Waals surface area contributed by atoms with Crippen LogP contribution in [0.25, 0.3) is 0 Å². The first kappa shape index (κ1) is 19.4. The van der Waals surface area contributed by atoms with Crippen LogP contribution in [0.5, 0.6) is 11.6 Å². The maximum Gasteiger partial charge on any atom is 0.338 e. The number of rotatable bonds is 6. The molecule has 1 N–H and O–H groups in total. The Balaban J connectivity index is 1.79. The lowest BCUT2D eigenvalue weighted by Crippen LogP contribution is -2.12. The summed E-state index contributed by atoms with van der Waals surface area (Å²) in [6.07, 6.45) is 1.42. The van der Waals surface area contributed by atoms with Crippen molar-refractivity contribution >= 4 is 21.7 Å². The van der Waals surface area contributed by atoms with E-state index in [1.165, 1.54) is 31.5 Å². The standard InChI is InChI=1S/C20H18N2O5S/c1-14-6-8-18(9-7-14)28(24,25)22-16-4-3-5-17(13-16)27-19-12-15(10-11-21-19)20(23)26-2/h3-13,22H,1-2H3. The number of carbonyl (C=O) groups is 1. The quantitative estimate of drug-likeness (QED) is 0.635. The number of aromatic nitrogens is 1. The molecule has 3 rings (SSSR count). The van der Waals surface area contributed by atoms with Crippen molar-refractivity contribution in [2.75, 3.05) is 11.8 Å². The summed E-state index contributed by atoms with van der Waals surface area (Å²) in [6, 6.07) is 15.9. The van der Waals surface area contributed by atoms with Crippen LogP contribution in [0, 0.1) is 6.92 Å². The van der Waals surface area contributed by atoms with Gasteiger partial charge in [0.1, 0.15) is 5.75 Å². The fourth-order valence-electron chi connectivity index (χ4n) is 2.39. The van der Waals surface area contributed by atoms with E-state index in [-0.39, 0.29) is 10.8 Å². The van der Waals surface area contributed by atoms with Crippen LogP contribution in [0.3, 0.4) is 0 Å². The van der Waals surface area contributed by atoms with Crippen molar-refractivity contribution in [2.24, 2.45) is 0 Å². The number of ether oxygens (including phenoxy) is 2. The second-order valence-electron chi connectivity index (χ2n) is 5.92. The second kappa shape index (κ2) is 8.10. The molecule has 0 bridgehead atoms. The highest BCUT2D eigenvalue weighted by atomic mass is 32.2. The molecule has 0 saturated heterocycles. The zero-order valence-corrected chi connectivity index (χ0v) is 16.1. The number of benzene rings is 2. The normalized spacial score (nSPS) is 10.9. The lowest BCUT2D eigenvalue weighted by molar-refractivity contribution is 0.0600. The molecule has 0 unspecified atom stereocenters. The summed E-state index contributed by atoms with van der Waals surface area (Å²) in [6.45, 7) is 1.88. The summed E-state index contributed by atoms with van der Waals surface area (Å²) in [5, 5.41) is 0. The number of aryl methyl sites for hydroxylation is 1. The van der Waals surface area contributed by atoms with Crippen molar-refractivity contribution in [3.05, 3.63) is 78.0 Å². The molecule has 0 radical (unpaired) electrons. The molecule has 0 amide bonds. The first-order chi connectivity index (χ1) is 13.4. The van der Waals surface area contributed by atoms with Crippen LogP contribution in [0.1, 0.15) is 15.9 Å². The molecule has 1 aromatic heterocycles. The summed E-state index contributed by atoms with van der Waals surface area (Å²) < 4.78 is 37.9. The third-order valence-corrected chi connectivity index (χ3v) is 5.19. The van der Waals surface area contributed by atoms with E-state index < -0.39 is 16.0 Å². The van der Waals surface area contributed by atoms with Crippen molar-refractivity contribution < 1.29 is 22.7 Å². The predicted octanol–water partition coefficient (Wildman–Crippen LogP) is 3.77. The average Bonchev–Trinajstić information content (AvgIpc) is 2.68. The Kier molecular flexibility index (Phi) is 5.60. The Labute approximate surface area is 163 Å². The molecule has 0 spiro atoms. The highest BCUT2D eigenvalue weighted by molar-refractivity contribution is 7.92. The van der Waals surface area contributed by atoms with Gasteiger partial charge in [0.15, 0.2) is 0 Å². The number of nitrogens with one attached hydrogen (secondary N) is 1. The molecule has 144 valence electrons. The van der Waals surface area contributed by atoms with Gasteiger partial charge in [-0.25, -0.2) is 18.2 Å². The summed E-state index contributed by atoms with van der Waals surface area (Å²) in [5.74, 6) is 0.0342. The summed E-state index contributed by atoms with van der Waals surface area (Å²) in [4.78, 5) is 15.8. The number of hydrogen-bond acceptors (Lipinski definition) is 6. The average molecular weight is 398 g/mol. The number of methoxy groups -OCH3 is 1. The molecule has 2 aromatic carbocycles. The van der Waals surface area contributed by atoms with E-state index in [9.17, 15) is 13.2 Å². The second-order valence-corrected chi connectivity index (χ2v) is 7.61. The molecule has 3 aromatic rings. The van der Waals surface area contributed by atoms with Crippen molar-refractivity contribution in [3.8, 4) is 11.6 Å². The summed E-state index contributed by atoms with van der Waals surface area (Å²) in [7, 11) is -2.44. The minimum Gasteiger partial charge on any atom is -0.465 e. The van der Waals surface area contributed by atoms with E-state index in [4.69, 9.17) is 4.74 Å². The van der Waals surface area contributed by atoms with Crippen LogP contribution in [0.2, 0.25) is 0 Å². The molecule has 0 aliphatic rings. The first-order valence-corrected chi connectivity index (χ1v) is 9.77. The number of hydrogen-bond donors (Lipinski definition) is 1. The summed E-state index contributed by atoms with van der Waals surface area (Å²) >= 11 is 0. The monoisotopic (exact) mass is 398 g/mol. The number of pyridine rings is 1. The highest BCUT2D eigenvalue weighted by Crippen LogP contribution is 2.25. The van der Waals surface area contributed by atoms with Gasteiger partial charge in [-0.2, -0.15) is 0 Å². The Hall–Kier alpha value is -3.39. The fourth-order valence-corrected chi connectivity index (χ4v) is 3.43. The van der Waals surface area contributed by atoms with Crippen LogP contribution >= 0.6 is 0 Å². The highest BCUT2D eigenvalue weighted by Gasteiger charge is 2.14. The van der Waals surface area contributed by atoms with Gasteiger partial charge in [0.25, 0.3) is 10.0 Å². The summed E-state index contributed by atoms with van der Waals surface area (Å²) in [5.41, 5.74) is 1.60. The molecule has 28 heavy (non-hydrogen) atoms. The predicted molar refractivity (Wildman–Crippen MR) is 104 cm³/mol. The van der Waals surface area contributed by atoms with E-state index >= 15 is 0 Å². The van der Waals surface area contributed by atoms with Gasteiger partial charge in [0, 0.05) is 18.3 Å². The Bertz CT molecular complexity index is 1100. The minimum atomic E-state index is -3.72. The van der Waals surface area contributed by atoms with Crippen molar-refractivity contribution in [1.29, 1.82) is 0 Å². The van der Waals surface area contributed by atoms with E-state index in [1.54, 1.807) is 42.5 Å². The number of esters is 1. The number of carbonyl (C=O) groups excluding carboxylic acids is 1. The Morgan fingerprint density at radius 3 is 2.50 bits per heavy atom. The van der Waals surface area contributed by atoms with Crippen LogP contribution in [0.4, 0.5) is 5.69 Å². The largest absolute Gasteiger partial charge is 0.465 e. The van der Waals surface area contributed by atoms with Crippen molar-refractivity contribution in [1.82, 2.24) is 4.98 Å². The first-order valence-electron chi connectivity index (χ1n) is 8.29. The van der Waals surface area contributed by atoms with Crippen LogP contribution < -0.4 is 9.46 Å². The third-order valence-electron chi connectivity index (χ3n) is 3.80. The molecule has 0 saturated carbocycles. The number of nitrogens with zero attached hydrogens (tertiary/aromatic N) is 1. The topological polar surface area (TPSA) is 94.6 Å². The number of anilines is 1. The van der Waals surface area contributed by atoms with Crippen molar-refractivity contribution in [3.63, 3.8) is 0 Å². The molecule has 0 aliphatic heterocycles. The van der Waals surface area contributed by atoms with Gasteiger partial charge >= 0.3 is 5.97 Å². The van der Waals surface area contributed by atoms with Crippen LogP contribution in [-0.2, 0) is 14.8 Å². The number of sulfonamides is 1. The maximum absolute atomic E-state index is 12.5. The molecule has 8 heteroatoms. The van der Waals surface area contributed by atoms with Crippen molar-refractivity contribution in [2.45, 2.75) is 11.8 Å². The Morgan fingerprint density at radius 2 is 1.79 bits per heavy atom. The lowest BCUT2D eigenvalue weighted by Gasteiger charge is -2.10. The van der Waals surface area contributed by atoms with Gasteiger partial charge in [-0.15, -0.1) is 0 Å². The lowest BCUT2D eigenvalue weighted by atomic mass is 10.2. The van der Waals surface area contributed by atoms with Gasteiger partial charge in [-0.3, -0.25) is 4.72 Å². The zero-order valence-electron chi connectivity index (χ0n) is 15.2. The van der Waals surface area contributed by atoms with E-state index in [2.05, 4.69) is 14.4 Å². The fraction of sp³-hybridized carbons (Fsp3) is 0.100. The molecular weight excluding hydrogens is 380 g/mol. The van der Waals surface area contributed by atoms with E-state index in [0.29, 0.717) is 17.0 Å². The molecular formula is C20H18N2O5S. The molecule has 7 nitrogen and oxygen atoms in total. The van der Waals surface area contributed by atoms with E-state index in [0.717, 1.165) is 5.56 Å². The van der Waals surface area contributed by atoms with Gasteiger partial charge in [-0.05, 0) is 37.3 Å². The minimum absolute atomic E-state index is 0.164. The van der Waals surface area contributed by atoms with E-state index in [1.807, 2.05) is 6.92 Å². The smallest absolute Gasteiger partial charge is 0.338 e. The molecule has 0 fully saturated rings.